The van der Waals surface area contributed by atoms with Gasteiger partial charge in [-0.2, -0.15) is 0 Å². The summed E-state index contributed by atoms with van der Waals surface area (Å²) in [6.45, 7) is 2.47. The SMILES string of the molecule is Cc1cc(CN)cc(NC(=O)C2CC2c2ccccc2Cl)c1. The Morgan fingerprint density at radius 1 is 1.32 bits per heavy atom. The molecule has 0 heterocycles. The average Bonchev–Trinajstić information content (AvgIpc) is 3.27. The van der Waals surface area contributed by atoms with E-state index in [1.807, 2.05) is 49.4 Å². The molecule has 0 aliphatic heterocycles. The molecule has 1 saturated carbocycles. The number of hydrogen-bond donors (Lipinski definition) is 2. The van der Waals surface area contributed by atoms with Gasteiger partial charge in [-0.15, -0.1) is 0 Å². The van der Waals surface area contributed by atoms with Gasteiger partial charge in [-0.3, -0.25) is 4.79 Å². The largest absolute Gasteiger partial charge is 0.326 e. The minimum Gasteiger partial charge on any atom is -0.326 e. The van der Waals surface area contributed by atoms with Crippen LogP contribution in [0.25, 0.3) is 0 Å². The van der Waals surface area contributed by atoms with Crippen molar-refractivity contribution in [3.8, 4) is 0 Å². The van der Waals surface area contributed by atoms with Crippen molar-refractivity contribution in [3.63, 3.8) is 0 Å². The van der Waals surface area contributed by atoms with Crippen LogP contribution in [0.2, 0.25) is 5.02 Å². The van der Waals surface area contributed by atoms with Crippen LogP contribution in [0, 0.1) is 12.8 Å². The van der Waals surface area contributed by atoms with Gasteiger partial charge in [0.2, 0.25) is 5.91 Å². The average molecular weight is 315 g/mol. The first-order valence-corrected chi connectivity index (χ1v) is 7.82. The van der Waals surface area contributed by atoms with Crippen LogP contribution in [-0.2, 0) is 11.3 Å². The Morgan fingerprint density at radius 2 is 2.09 bits per heavy atom. The number of rotatable bonds is 4. The highest BCUT2D eigenvalue weighted by molar-refractivity contribution is 6.31. The molecule has 3 rings (SSSR count). The topological polar surface area (TPSA) is 55.1 Å². The predicted molar refractivity (Wildman–Crippen MR) is 90.0 cm³/mol. The zero-order chi connectivity index (χ0) is 15.7. The summed E-state index contributed by atoms with van der Waals surface area (Å²) in [4.78, 5) is 12.4. The summed E-state index contributed by atoms with van der Waals surface area (Å²) in [7, 11) is 0. The second kappa shape index (κ2) is 6.11. The second-order valence-corrected chi connectivity index (χ2v) is 6.28. The summed E-state index contributed by atoms with van der Waals surface area (Å²) < 4.78 is 0. The minimum absolute atomic E-state index is 0.00161. The number of carbonyl (C=O) groups excluding carboxylic acids is 1. The molecule has 1 fully saturated rings. The highest BCUT2D eigenvalue weighted by Crippen LogP contribution is 2.50. The first kappa shape index (κ1) is 15.1. The molecule has 2 unspecified atom stereocenters. The molecule has 0 saturated heterocycles. The number of amides is 1. The third-order valence-electron chi connectivity index (χ3n) is 4.07. The maximum atomic E-state index is 12.4. The molecule has 114 valence electrons. The normalized spacial score (nSPS) is 19.8. The fourth-order valence-corrected chi connectivity index (χ4v) is 3.17. The van der Waals surface area contributed by atoms with Gasteiger partial charge in [0, 0.05) is 23.2 Å². The Kier molecular flexibility index (Phi) is 4.19. The molecule has 3 nitrogen and oxygen atoms in total. The number of anilines is 1. The van der Waals surface area contributed by atoms with E-state index in [0.717, 1.165) is 33.8 Å². The molecule has 1 aliphatic carbocycles. The Bertz CT molecular complexity index is 714. The van der Waals surface area contributed by atoms with Crippen molar-refractivity contribution in [2.45, 2.75) is 25.8 Å². The maximum absolute atomic E-state index is 12.4. The molecule has 4 heteroatoms. The van der Waals surface area contributed by atoms with E-state index in [9.17, 15) is 4.79 Å². The van der Waals surface area contributed by atoms with Gasteiger partial charge in [0.05, 0.1) is 0 Å². The van der Waals surface area contributed by atoms with Gasteiger partial charge in [0.25, 0.3) is 0 Å². The summed E-state index contributed by atoms with van der Waals surface area (Å²) in [5.74, 6) is 0.285. The molecule has 22 heavy (non-hydrogen) atoms. The van der Waals surface area contributed by atoms with Gasteiger partial charge in [0.1, 0.15) is 0 Å². The van der Waals surface area contributed by atoms with Crippen LogP contribution >= 0.6 is 11.6 Å². The van der Waals surface area contributed by atoms with Gasteiger partial charge in [-0.25, -0.2) is 0 Å². The molecular formula is C18H19ClN2O. The third kappa shape index (κ3) is 3.16. The van der Waals surface area contributed by atoms with E-state index in [0.29, 0.717) is 6.54 Å². The fraction of sp³-hybridized carbons (Fsp3) is 0.278. The number of hydrogen-bond acceptors (Lipinski definition) is 2. The molecule has 0 spiro atoms. The maximum Gasteiger partial charge on any atom is 0.228 e. The minimum atomic E-state index is 0.00161. The van der Waals surface area contributed by atoms with Crippen molar-refractivity contribution in [3.05, 3.63) is 64.2 Å². The summed E-state index contributed by atoms with van der Waals surface area (Å²) in [6.07, 6.45) is 0.852. The number of nitrogens with one attached hydrogen (secondary N) is 1. The Morgan fingerprint density at radius 3 is 2.82 bits per heavy atom. The number of aryl methyl sites for hydroxylation is 1. The van der Waals surface area contributed by atoms with E-state index in [1.54, 1.807) is 0 Å². The van der Waals surface area contributed by atoms with Crippen molar-refractivity contribution in [2.75, 3.05) is 5.32 Å². The smallest absolute Gasteiger partial charge is 0.228 e. The van der Waals surface area contributed by atoms with E-state index in [2.05, 4.69) is 5.32 Å². The molecule has 2 atom stereocenters. The monoisotopic (exact) mass is 314 g/mol. The molecule has 0 bridgehead atoms. The third-order valence-corrected chi connectivity index (χ3v) is 4.42. The lowest BCUT2D eigenvalue weighted by molar-refractivity contribution is -0.117. The molecule has 1 amide bonds. The molecule has 1 aliphatic rings. The zero-order valence-corrected chi connectivity index (χ0v) is 13.2. The van der Waals surface area contributed by atoms with Gasteiger partial charge in [-0.1, -0.05) is 35.9 Å². The lowest BCUT2D eigenvalue weighted by Crippen LogP contribution is -2.15. The van der Waals surface area contributed by atoms with Crippen molar-refractivity contribution >= 4 is 23.2 Å². The van der Waals surface area contributed by atoms with E-state index in [1.165, 1.54) is 0 Å². The highest BCUT2D eigenvalue weighted by atomic mass is 35.5. The first-order chi connectivity index (χ1) is 10.6. The van der Waals surface area contributed by atoms with Gasteiger partial charge >= 0.3 is 0 Å². The molecule has 2 aromatic rings. The van der Waals surface area contributed by atoms with Crippen LogP contribution in [-0.4, -0.2) is 5.91 Å². The van der Waals surface area contributed by atoms with Crippen molar-refractivity contribution in [1.82, 2.24) is 0 Å². The Hall–Kier alpha value is -1.84. The van der Waals surface area contributed by atoms with Crippen molar-refractivity contribution in [1.29, 1.82) is 0 Å². The number of carbonyl (C=O) groups is 1. The Balaban J connectivity index is 1.69. The van der Waals surface area contributed by atoms with Gasteiger partial charge in [0.15, 0.2) is 0 Å². The van der Waals surface area contributed by atoms with Crippen LogP contribution in [0.3, 0.4) is 0 Å². The van der Waals surface area contributed by atoms with Crippen LogP contribution in [0.15, 0.2) is 42.5 Å². The number of halogens is 1. The van der Waals surface area contributed by atoms with E-state index in [-0.39, 0.29) is 17.7 Å². The van der Waals surface area contributed by atoms with Crippen molar-refractivity contribution in [2.24, 2.45) is 11.7 Å². The summed E-state index contributed by atoms with van der Waals surface area (Å²) in [5, 5.41) is 3.74. The molecular weight excluding hydrogens is 296 g/mol. The summed E-state index contributed by atoms with van der Waals surface area (Å²) in [6, 6.07) is 13.7. The van der Waals surface area contributed by atoms with Gasteiger partial charge < -0.3 is 11.1 Å². The Labute approximate surface area is 135 Å². The second-order valence-electron chi connectivity index (χ2n) is 5.87. The van der Waals surface area contributed by atoms with Crippen LogP contribution < -0.4 is 11.1 Å². The zero-order valence-electron chi connectivity index (χ0n) is 12.5. The molecule has 2 aromatic carbocycles. The van der Waals surface area contributed by atoms with Gasteiger partial charge in [-0.05, 0) is 54.2 Å². The van der Waals surface area contributed by atoms with E-state index in [4.69, 9.17) is 17.3 Å². The molecule has 3 N–H and O–H groups in total. The summed E-state index contributed by atoms with van der Waals surface area (Å²) >= 11 is 6.20. The lowest BCUT2D eigenvalue weighted by atomic mass is 10.1. The predicted octanol–water partition coefficient (Wildman–Crippen LogP) is 3.85. The standard InChI is InChI=1S/C18H19ClN2O/c1-11-6-12(10-20)8-13(7-11)21-18(22)16-9-15(16)14-4-2-3-5-17(14)19/h2-8,15-16H,9-10,20H2,1H3,(H,21,22). The van der Waals surface area contributed by atoms with Crippen LogP contribution in [0.4, 0.5) is 5.69 Å². The van der Waals surface area contributed by atoms with Crippen LogP contribution in [0.5, 0.6) is 0 Å². The highest BCUT2D eigenvalue weighted by Gasteiger charge is 2.44. The molecule has 0 aromatic heterocycles. The summed E-state index contributed by atoms with van der Waals surface area (Å²) in [5.41, 5.74) is 9.68. The molecule has 0 radical (unpaired) electrons. The first-order valence-electron chi connectivity index (χ1n) is 7.44. The number of benzene rings is 2. The lowest BCUT2D eigenvalue weighted by Gasteiger charge is -2.09. The van der Waals surface area contributed by atoms with Crippen molar-refractivity contribution < 1.29 is 4.79 Å². The quantitative estimate of drug-likeness (QED) is 0.900. The van der Waals surface area contributed by atoms with E-state index < -0.39 is 0 Å². The van der Waals surface area contributed by atoms with Crippen LogP contribution in [0.1, 0.15) is 29.0 Å². The number of nitrogens with two attached hydrogens (primary N) is 1. The van der Waals surface area contributed by atoms with E-state index >= 15 is 0 Å². The fourth-order valence-electron chi connectivity index (χ4n) is 2.89.